The summed E-state index contributed by atoms with van der Waals surface area (Å²) in [7, 11) is 1.64. The van der Waals surface area contributed by atoms with Gasteiger partial charge < -0.3 is 15.4 Å². The number of hydrogen-bond donors (Lipinski definition) is 2. The molecule has 1 aliphatic rings. The average molecular weight is 278 g/mol. The summed E-state index contributed by atoms with van der Waals surface area (Å²) in [6, 6.07) is 6.00. The van der Waals surface area contributed by atoms with Gasteiger partial charge in [0, 0.05) is 25.8 Å². The van der Waals surface area contributed by atoms with Crippen molar-refractivity contribution in [2.24, 2.45) is 0 Å². The lowest BCUT2D eigenvalue weighted by atomic mass is 10.1. The van der Waals surface area contributed by atoms with Crippen molar-refractivity contribution in [3.63, 3.8) is 0 Å². The van der Waals surface area contributed by atoms with Gasteiger partial charge in [-0.15, -0.1) is 0 Å². The van der Waals surface area contributed by atoms with E-state index in [4.69, 9.17) is 4.74 Å². The molecule has 108 valence electrons. The normalized spacial score (nSPS) is 22.9. The third-order valence-corrected chi connectivity index (χ3v) is 3.39. The molecule has 2 N–H and O–H groups in total. The Labute approximate surface area is 118 Å². The van der Waals surface area contributed by atoms with E-state index in [1.54, 1.807) is 32.2 Å². The van der Waals surface area contributed by atoms with Gasteiger partial charge in [-0.2, -0.15) is 0 Å². The van der Waals surface area contributed by atoms with Crippen LogP contribution in [0, 0.1) is 5.82 Å². The van der Waals surface area contributed by atoms with Gasteiger partial charge >= 0.3 is 0 Å². The molecule has 1 heterocycles. The predicted molar refractivity (Wildman–Crippen MR) is 75.6 cm³/mol. The highest BCUT2D eigenvalue weighted by molar-refractivity contribution is 5.97. The van der Waals surface area contributed by atoms with Gasteiger partial charge in [0.2, 0.25) is 5.91 Å². The van der Waals surface area contributed by atoms with Crippen molar-refractivity contribution in [3.8, 4) is 0 Å². The van der Waals surface area contributed by atoms with E-state index >= 15 is 0 Å². The Morgan fingerprint density at radius 1 is 1.40 bits per heavy atom. The SMILES string of the molecule is COC1CNCC1NC(=O)C(C)=Cc1ccc(F)cc1. The van der Waals surface area contributed by atoms with Crippen molar-refractivity contribution in [2.45, 2.75) is 19.1 Å². The maximum absolute atomic E-state index is 12.8. The van der Waals surface area contributed by atoms with Crippen LogP contribution in [-0.4, -0.2) is 38.3 Å². The molecule has 0 aromatic heterocycles. The largest absolute Gasteiger partial charge is 0.378 e. The molecular weight excluding hydrogens is 259 g/mol. The monoisotopic (exact) mass is 278 g/mol. The van der Waals surface area contributed by atoms with Gasteiger partial charge in [0.25, 0.3) is 0 Å². The summed E-state index contributed by atoms with van der Waals surface area (Å²) in [5.74, 6) is -0.422. The third-order valence-electron chi connectivity index (χ3n) is 3.39. The second-order valence-corrected chi connectivity index (χ2v) is 4.89. The first kappa shape index (κ1) is 14.7. The first-order chi connectivity index (χ1) is 9.60. The van der Waals surface area contributed by atoms with Gasteiger partial charge in [-0.05, 0) is 30.7 Å². The number of ether oxygens (including phenoxy) is 1. The van der Waals surface area contributed by atoms with E-state index in [1.807, 2.05) is 0 Å². The van der Waals surface area contributed by atoms with Crippen molar-refractivity contribution in [2.75, 3.05) is 20.2 Å². The number of rotatable bonds is 4. The van der Waals surface area contributed by atoms with Crippen molar-refractivity contribution in [1.29, 1.82) is 0 Å². The summed E-state index contributed by atoms with van der Waals surface area (Å²) in [4.78, 5) is 12.1. The summed E-state index contributed by atoms with van der Waals surface area (Å²) in [5.41, 5.74) is 1.38. The Bertz CT molecular complexity index is 499. The molecule has 0 bridgehead atoms. The Kier molecular flexibility index (Phi) is 4.87. The summed E-state index contributed by atoms with van der Waals surface area (Å²) < 4.78 is 18.1. The van der Waals surface area contributed by atoms with Crippen LogP contribution in [0.3, 0.4) is 0 Å². The molecule has 20 heavy (non-hydrogen) atoms. The minimum absolute atomic E-state index is 0.00225. The molecule has 1 aromatic rings. The van der Waals surface area contributed by atoms with Gasteiger partial charge in [-0.1, -0.05) is 12.1 Å². The Morgan fingerprint density at radius 2 is 2.10 bits per heavy atom. The summed E-state index contributed by atoms with van der Waals surface area (Å²) in [5, 5.41) is 6.12. The lowest BCUT2D eigenvalue weighted by molar-refractivity contribution is -0.118. The van der Waals surface area contributed by atoms with Crippen LogP contribution in [0.4, 0.5) is 4.39 Å². The van der Waals surface area contributed by atoms with Crippen LogP contribution in [0.1, 0.15) is 12.5 Å². The number of carbonyl (C=O) groups excluding carboxylic acids is 1. The highest BCUT2D eigenvalue weighted by Gasteiger charge is 2.28. The van der Waals surface area contributed by atoms with Gasteiger partial charge in [-0.25, -0.2) is 4.39 Å². The van der Waals surface area contributed by atoms with Crippen LogP contribution in [0.15, 0.2) is 29.8 Å². The van der Waals surface area contributed by atoms with Crippen LogP contribution >= 0.6 is 0 Å². The van der Waals surface area contributed by atoms with Crippen LogP contribution in [-0.2, 0) is 9.53 Å². The fourth-order valence-corrected chi connectivity index (χ4v) is 2.20. The lowest BCUT2D eigenvalue weighted by Gasteiger charge is -2.18. The highest BCUT2D eigenvalue weighted by atomic mass is 19.1. The summed E-state index contributed by atoms with van der Waals surface area (Å²) >= 11 is 0. The highest BCUT2D eigenvalue weighted by Crippen LogP contribution is 2.10. The van der Waals surface area contributed by atoms with Crippen molar-refractivity contribution >= 4 is 12.0 Å². The third kappa shape index (κ3) is 3.65. The van der Waals surface area contributed by atoms with E-state index < -0.39 is 0 Å². The number of halogens is 1. The van der Waals surface area contributed by atoms with E-state index in [0.717, 1.165) is 12.1 Å². The standard InChI is InChI=1S/C15H19FN2O2/c1-10(7-11-3-5-12(16)6-4-11)15(19)18-13-8-17-9-14(13)20-2/h3-7,13-14,17H,8-9H2,1-2H3,(H,18,19). The molecule has 4 nitrogen and oxygen atoms in total. The zero-order valence-corrected chi connectivity index (χ0v) is 11.7. The molecular formula is C15H19FN2O2. The predicted octanol–water partition coefficient (Wildman–Crippen LogP) is 1.33. The molecule has 2 rings (SSSR count). The lowest BCUT2D eigenvalue weighted by Crippen LogP contribution is -2.43. The molecule has 0 radical (unpaired) electrons. The number of carbonyl (C=O) groups is 1. The van der Waals surface area contributed by atoms with Crippen LogP contribution in [0.5, 0.6) is 0 Å². The van der Waals surface area contributed by atoms with E-state index in [9.17, 15) is 9.18 Å². The smallest absolute Gasteiger partial charge is 0.247 e. The minimum atomic E-state index is -0.288. The summed E-state index contributed by atoms with van der Waals surface area (Å²) in [6.07, 6.45) is 1.73. The fourth-order valence-electron chi connectivity index (χ4n) is 2.20. The van der Waals surface area contributed by atoms with Crippen molar-refractivity contribution < 1.29 is 13.9 Å². The molecule has 0 saturated carbocycles. The zero-order valence-electron chi connectivity index (χ0n) is 11.7. The molecule has 1 saturated heterocycles. The van der Waals surface area contributed by atoms with Crippen LogP contribution in [0.25, 0.3) is 6.08 Å². The van der Waals surface area contributed by atoms with Crippen LogP contribution < -0.4 is 10.6 Å². The minimum Gasteiger partial charge on any atom is -0.378 e. The number of nitrogens with one attached hydrogen (secondary N) is 2. The number of amides is 1. The van der Waals surface area contributed by atoms with Gasteiger partial charge in [-0.3, -0.25) is 4.79 Å². The first-order valence-corrected chi connectivity index (χ1v) is 6.58. The van der Waals surface area contributed by atoms with E-state index in [0.29, 0.717) is 12.1 Å². The van der Waals surface area contributed by atoms with E-state index in [2.05, 4.69) is 10.6 Å². The fraction of sp³-hybridized carbons (Fsp3) is 0.400. The molecule has 1 aliphatic heterocycles. The Balaban J connectivity index is 1.99. The van der Waals surface area contributed by atoms with E-state index in [1.165, 1.54) is 12.1 Å². The number of methoxy groups -OCH3 is 1. The second kappa shape index (κ2) is 6.63. The maximum Gasteiger partial charge on any atom is 0.247 e. The first-order valence-electron chi connectivity index (χ1n) is 6.58. The van der Waals surface area contributed by atoms with Gasteiger partial charge in [0.1, 0.15) is 5.82 Å². The molecule has 0 spiro atoms. The molecule has 1 aromatic carbocycles. The number of benzene rings is 1. The number of hydrogen-bond acceptors (Lipinski definition) is 3. The van der Waals surface area contributed by atoms with Crippen molar-refractivity contribution in [1.82, 2.24) is 10.6 Å². The van der Waals surface area contributed by atoms with Gasteiger partial charge in [0.15, 0.2) is 0 Å². The van der Waals surface area contributed by atoms with Gasteiger partial charge in [0.05, 0.1) is 12.1 Å². The van der Waals surface area contributed by atoms with Crippen molar-refractivity contribution in [3.05, 3.63) is 41.2 Å². The average Bonchev–Trinajstić information content (AvgIpc) is 2.88. The maximum atomic E-state index is 12.8. The second-order valence-electron chi connectivity index (χ2n) is 4.89. The molecule has 5 heteroatoms. The quantitative estimate of drug-likeness (QED) is 0.817. The zero-order chi connectivity index (χ0) is 14.5. The Hall–Kier alpha value is -1.72. The molecule has 1 amide bonds. The topological polar surface area (TPSA) is 50.4 Å². The molecule has 1 fully saturated rings. The molecule has 2 unspecified atom stereocenters. The Morgan fingerprint density at radius 3 is 2.75 bits per heavy atom. The summed E-state index contributed by atoms with van der Waals surface area (Å²) in [6.45, 7) is 3.18. The van der Waals surface area contributed by atoms with Crippen LogP contribution in [0.2, 0.25) is 0 Å². The molecule has 2 atom stereocenters. The van der Waals surface area contributed by atoms with E-state index in [-0.39, 0.29) is 23.9 Å². The molecule has 0 aliphatic carbocycles.